The SMILES string of the molecule is Cc1cc(OCC(=O)NCCNC(=O)c2nc(-c3cccc([N+](=O)[O-])c3)no2)ccc1Cl. The highest BCUT2D eigenvalue weighted by atomic mass is 35.5. The van der Waals surface area contributed by atoms with Crippen molar-refractivity contribution >= 4 is 29.1 Å². The van der Waals surface area contributed by atoms with Crippen LogP contribution in [0.3, 0.4) is 0 Å². The minimum Gasteiger partial charge on any atom is -0.484 e. The second-order valence-electron chi connectivity index (χ2n) is 6.54. The van der Waals surface area contributed by atoms with Gasteiger partial charge in [0.15, 0.2) is 6.61 Å². The van der Waals surface area contributed by atoms with Crippen LogP contribution in [-0.4, -0.2) is 46.6 Å². The Hall–Kier alpha value is -3.99. The lowest BCUT2D eigenvalue weighted by molar-refractivity contribution is -0.384. The molecule has 0 spiro atoms. The lowest BCUT2D eigenvalue weighted by atomic mass is 10.2. The van der Waals surface area contributed by atoms with Gasteiger partial charge in [-0.1, -0.05) is 28.9 Å². The molecule has 0 saturated carbocycles. The number of rotatable bonds is 9. The molecule has 2 N–H and O–H groups in total. The summed E-state index contributed by atoms with van der Waals surface area (Å²) in [5.41, 5.74) is 1.04. The number of nitrogens with zero attached hydrogens (tertiary/aromatic N) is 3. The maximum atomic E-state index is 12.1. The van der Waals surface area contributed by atoms with Gasteiger partial charge < -0.3 is 19.9 Å². The van der Waals surface area contributed by atoms with Gasteiger partial charge in [-0.2, -0.15) is 4.98 Å². The van der Waals surface area contributed by atoms with Crippen LogP contribution in [0.25, 0.3) is 11.4 Å². The van der Waals surface area contributed by atoms with Crippen molar-refractivity contribution < 1.29 is 23.8 Å². The fourth-order valence-electron chi connectivity index (χ4n) is 2.55. The molecule has 12 heteroatoms. The Labute approximate surface area is 186 Å². The van der Waals surface area contributed by atoms with E-state index < -0.39 is 10.8 Å². The molecule has 0 aliphatic heterocycles. The monoisotopic (exact) mass is 459 g/mol. The van der Waals surface area contributed by atoms with Crippen molar-refractivity contribution in [1.29, 1.82) is 0 Å². The van der Waals surface area contributed by atoms with Crippen LogP contribution in [0.4, 0.5) is 5.69 Å². The molecule has 0 radical (unpaired) electrons. The normalized spacial score (nSPS) is 10.4. The van der Waals surface area contributed by atoms with Crippen LogP contribution in [0.1, 0.15) is 16.2 Å². The largest absolute Gasteiger partial charge is 0.484 e. The number of carbonyl (C=O) groups excluding carboxylic acids is 2. The van der Waals surface area contributed by atoms with Gasteiger partial charge in [0.2, 0.25) is 5.82 Å². The first kappa shape index (κ1) is 22.7. The topological polar surface area (TPSA) is 149 Å². The molecule has 0 unspecified atom stereocenters. The van der Waals surface area contributed by atoms with Gasteiger partial charge in [0.05, 0.1) is 4.92 Å². The van der Waals surface area contributed by atoms with E-state index in [0.29, 0.717) is 16.3 Å². The van der Waals surface area contributed by atoms with Gasteiger partial charge in [0.25, 0.3) is 11.6 Å². The number of hydrogen-bond donors (Lipinski definition) is 2. The number of nitrogens with one attached hydrogen (secondary N) is 2. The minimum atomic E-state index is -0.642. The van der Waals surface area contributed by atoms with Gasteiger partial charge in [-0.05, 0) is 30.7 Å². The molecule has 0 bridgehead atoms. The third kappa shape index (κ3) is 6.01. The highest BCUT2D eigenvalue weighted by Crippen LogP contribution is 2.22. The first-order valence-electron chi connectivity index (χ1n) is 9.36. The zero-order valence-electron chi connectivity index (χ0n) is 16.8. The number of non-ortho nitro benzene ring substituents is 1. The van der Waals surface area contributed by atoms with Gasteiger partial charge in [-0.25, -0.2) is 0 Å². The Morgan fingerprint density at radius 1 is 1.19 bits per heavy atom. The standard InChI is InChI=1S/C20H18ClN5O6/c1-12-9-15(5-6-16(12)21)31-11-17(27)22-7-8-23-19(28)20-24-18(25-32-20)13-3-2-4-14(10-13)26(29)30/h2-6,9-10H,7-8,11H2,1H3,(H,22,27)(H,23,28). The van der Waals surface area contributed by atoms with Crippen LogP contribution >= 0.6 is 11.6 Å². The Morgan fingerprint density at radius 3 is 2.72 bits per heavy atom. The lowest BCUT2D eigenvalue weighted by Gasteiger charge is -2.08. The van der Waals surface area contributed by atoms with E-state index in [2.05, 4.69) is 20.8 Å². The smallest absolute Gasteiger partial charge is 0.316 e. The molecule has 0 aliphatic carbocycles. The highest BCUT2D eigenvalue weighted by molar-refractivity contribution is 6.31. The Balaban J connectivity index is 1.42. The van der Waals surface area contributed by atoms with Crippen LogP contribution in [0, 0.1) is 17.0 Å². The Kier molecular flexibility index (Phi) is 7.34. The summed E-state index contributed by atoms with van der Waals surface area (Å²) in [5.74, 6) is -0.749. The quantitative estimate of drug-likeness (QED) is 0.281. The lowest BCUT2D eigenvalue weighted by Crippen LogP contribution is -2.36. The van der Waals surface area contributed by atoms with E-state index in [4.69, 9.17) is 20.9 Å². The van der Waals surface area contributed by atoms with Gasteiger partial charge >= 0.3 is 11.8 Å². The summed E-state index contributed by atoms with van der Waals surface area (Å²) in [5, 5.41) is 20.3. The van der Waals surface area contributed by atoms with Crippen LogP contribution in [0.15, 0.2) is 47.0 Å². The van der Waals surface area contributed by atoms with E-state index in [1.54, 1.807) is 24.3 Å². The van der Waals surface area contributed by atoms with Crippen molar-refractivity contribution in [2.24, 2.45) is 0 Å². The predicted octanol–water partition coefficient (Wildman–Crippen LogP) is 2.53. The molecule has 166 valence electrons. The van der Waals surface area contributed by atoms with E-state index in [1.165, 1.54) is 18.2 Å². The third-order valence-corrected chi connectivity index (χ3v) is 4.59. The second kappa shape index (κ2) is 10.4. The average Bonchev–Trinajstić information content (AvgIpc) is 3.28. The Bertz CT molecular complexity index is 1150. The molecule has 32 heavy (non-hydrogen) atoms. The summed E-state index contributed by atoms with van der Waals surface area (Å²) in [6.07, 6.45) is 0. The summed E-state index contributed by atoms with van der Waals surface area (Å²) in [6.45, 7) is 1.90. The number of aromatic nitrogens is 2. The first-order valence-corrected chi connectivity index (χ1v) is 9.73. The van der Waals surface area contributed by atoms with E-state index in [0.717, 1.165) is 5.56 Å². The molecule has 3 aromatic rings. The molecular formula is C20H18ClN5O6. The minimum absolute atomic E-state index is 0.0433. The first-order chi connectivity index (χ1) is 15.3. The van der Waals surface area contributed by atoms with Gasteiger partial charge in [-0.15, -0.1) is 0 Å². The molecular weight excluding hydrogens is 442 g/mol. The van der Waals surface area contributed by atoms with Crippen molar-refractivity contribution in [1.82, 2.24) is 20.8 Å². The number of carbonyl (C=O) groups is 2. The molecule has 3 rings (SSSR count). The van der Waals surface area contributed by atoms with Gasteiger partial charge in [-0.3, -0.25) is 19.7 Å². The molecule has 0 saturated heterocycles. The van der Waals surface area contributed by atoms with Crippen molar-refractivity contribution in [3.05, 3.63) is 69.1 Å². The summed E-state index contributed by atoms with van der Waals surface area (Å²) in [6, 6.07) is 10.7. The number of hydrogen-bond acceptors (Lipinski definition) is 8. The predicted molar refractivity (Wildman–Crippen MR) is 113 cm³/mol. The number of benzene rings is 2. The molecule has 0 fully saturated rings. The zero-order chi connectivity index (χ0) is 23.1. The molecule has 1 aromatic heterocycles. The molecule has 2 aromatic carbocycles. The maximum Gasteiger partial charge on any atom is 0.316 e. The molecule has 1 heterocycles. The average molecular weight is 460 g/mol. The highest BCUT2D eigenvalue weighted by Gasteiger charge is 2.17. The number of nitro groups is 1. The van der Waals surface area contributed by atoms with Crippen LogP contribution in [0.5, 0.6) is 5.75 Å². The molecule has 2 amide bonds. The van der Waals surface area contributed by atoms with E-state index in [1.807, 2.05) is 6.92 Å². The van der Waals surface area contributed by atoms with Crippen molar-refractivity contribution in [3.8, 4) is 17.1 Å². The number of nitro benzene ring substituents is 1. The summed E-state index contributed by atoms with van der Waals surface area (Å²) in [4.78, 5) is 38.2. The number of halogens is 1. The fraction of sp³-hybridized carbons (Fsp3) is 0.200. The third-order valence-electron chi connectivity index (χ3n) is 4.17. The second-order valence-corrected chi connectivity index (χ2v) is 6.94. The summed E-state index contributed by atoms with van der Waals surface area (Å²) < 4.78 is 10.3. The van der Waals surface area contributed by atoms with Crippen molar-refractivity contribution in [3.63, 3.8) is 0 Å². The fourth-order valence-corrected chi connectivity index (χ4v) is 2.67. The van der Waals surface area contributed by atoms with Crippen LogP contribution < -0.4 is 15.4 Å². The Morgan fingerprint density at radius 2 is 1.97 bits per heavy atom. The zero-order valence-corrected chi connectivity index (χ0v) is 17.6. The number of ether oxygens (including phenoxy) is 1. The van der Waals surface area contributed by atoms with Crippen LogP contribution in [0.2, 0.25) is 5.02 Å². The van der Waals surface area contributed by atoms with Crippen LogP contribution in [-0.2, 0) is 4.79 Å². The maximum absolute atomic E-state index is 12.1. The summed E-state index contributed by atoms with van der Waals surface area (Å²) in [7, 11) is 0. The number of aryl methyl sites for hydroxylation is 1. The van der Waals surface area contributed by atoms with Crippen molar-refractivity contribution in [2.75, 3.05) is 19.7 Å². The van der Waals surface area contributed by atoms with Gasteiger partial charge in [0, 0.05) is 35.8 Å². The molecule has 11 nitrogen and oxygen atoms in total. The van der Waals surface area contributed by atoms with E-state index in [-0.39, 0.29) is 43.0 Å². The van der Waals surface area contributed by atoms with E-state index in [9.17, 15) is 19.7 Å². The number of amides is 2. The molecule has 0 atom stereocenters. The molecule has 0 aliphatic rings. The van der Waals surface area contributed by atoms with Gasteiger partial charge in [0.1, 0.15) is 5.75 Å². The van der Waals surface area contributed by atoms with E-state index >= 15 is 0 Å². The van der Waals surface area contributed by atoms with Crippen molar-refractivity contribution in [2.45, 2.75) is 6.92 Å². The summed E-state index contributed by atoms with van der Waals surface area (Å²) >= 11 is 5.94.